The lowest BCUT2D eigenvalue weighted by Gasteiger charge is -2.35. The van der Waals surface area contributed by atoms with Gasteiger partial charge in [0.1, 0.15) is 11.2 Å². The van der Waals surface area contributed by atoms with Crippen molar-refractivity contribution in [1.82, 2.24) is 9.80 Å². The predicted octanol–water partition coefficient (Wildman–Crippen LogP) is 3.19. The Bertz CT molecular complexity index is 661. The Kier molecular flexibility index (Phi) is 5.10. The summed E-state index contributed by atoms with van der Waals surface area (Å²) in [7, 11) is 0. The summed E-state index contributed by atoms with van der Waals surface area (Å²) in [5, 5.41) is 9.33. The molecule has 2 aliphatic rings. The lowest BCUT2D eigenvalue weighted by atomic mass is 10.00. The van der Waals surface area contributed by atoms with Crippen LogP contribution in [-0.4, -0.2) is 41.4 Å². The van der Waals surface area contributed by atoms with E-state index < -0.39 is 5.41 Å². The Morgan fingerprint density at radius 3 is 2.56 bits per heavy atom. The van der Waals surface area contributed by atoms with Crippen LogP contribution in [0.3, 0.4) is 0 Å². The Balaban J connectivity index is 1.73. The highest BCUT2D eigenvalue weighted by Gasteiger charge is 2.53. The summed E-state index contributed by atoms with van der Waals surface area (Å²) in [5.74, 6) is 0.193. The molecule has 0 aromatic heterocycles. The van der Waals surface area contributed by atoms with Crippen LogP contribution in [0.1, 0.15) is 38.7 Å². The normalized spacial score (nSPS) is 23.2. The van der Waals surface area contributed by atoms with Gasteiger partial charge in [0.15, 0.2) is 0 Å². The molecule has 25 heavy (non-hydrogen) atoms. The monoisotopic (exact) mass is 343 g/mol. The number of nitrogens with zero attached hydrogens (tertiary/aromatic N) is 3. The fourth-order valence-corrected chi connectivity index (χ4v) is 3.70. The summed E-state index contributed by atoms with van der Waals surface area (Å²) >= 11 is 0. The van der Waals surface area contributed by atoms with E-state index in [4.69, 9.17) is 0 Å². The minimum atomic E-state index is -0.742. The molecule has 1 atom stereocenters. The topological polar surface area (TPSA) is 47.3 Å². The first-order valence-corrected chi connectivity index (χ1v) is 9.14. The quantitative estimate of drug-likeness (QED) is 0.843. The molecule has 1 saturated heterocycles. The van der Waals surface area contributed by atoms with Gasteiger partial charge in [-0.15, -0.1) is 0 Å². The Labute approximate surface area is 149 Å². The third kappa shape index (κ3) is 3.85. The summed E-state index contributed by atoms with van der Waals surface area (Å²) in [4.78, 5) is 17.1. The van der Waals surface area contributed by atoms with E-state index >= 15 is 0 Å². The molecule has 0 unspecified atom stereocenters. The van der Waals surface area contributed by atoms with Crippen molar-refractivity contribution >= 4 is 5.91 Å². The zero-order chi connectivity index (χ0) is 18.0. The van der Waals surface area contributed by atoms with Crippen molar-refractivity contribution < 1.29 is 9.18 Å². The van der Waals surface area contributed by atoms with Crippen LogP contribution < -0.4 is 0 Å². The summed E-state index contributed by atoms with van der Waals surface area (Å²) in [5.41, 5.74) is 0.343. The maximum atomic E-state index is 13.1. The summed E-state index contributed by atoms with van der Waals surface area (Å²) < 4.78 is 13.1. The van der Waals surface area contributed by atoms with Crippen molar-refractivity contribution in [3.63, 3.8) is 0 Å². The summed E-state index contributed by atoms with van der Waals surface area (Å²) in [6, 6.07) is 9.12. The predicted molar refractivity (Wildman–Crippen MR) is 93.9 cm³/mol. The number of benzene rings is 1. The first-order valence-electron chi connectivity index (χ1n) is 9.14. The number of nitriles is 1. The third-order valence-corrected chi connectivity index (χ3v) is 5.48. The fourth-order valence-electron chi connectivity index (χ4n) is 3.70. The van der Waals surface area contributed by atoms with Crippen molar-refractivity contribution in [1.29, 1.82) is 5.26 Å². The molecule has 1 saturated carbocycles. The molecule has 1 aromatic carbocycles. The lowest BCUT2D eigenvalue weighted by molar-refractivity contribution is -0.135. The van der Waals surface area contributed by atoms with Crippen LogP contribution in [0.5, 0.6) is 0 Å². The summed E-state index contributed by atoms with van der Waals surface area (Å²) in [6.07, 6.45) is 2.30. The molecule has 1 aliphatic carbocycles. The van der Waals surface area contributed by atoms with E-state index in [0.29, 0.717) is 31.8 Å². The maximum absolute atomic E-state index is 13.1. The molecule has 134 valence electrons. The van der Waals surface area contributed by atoms with Crippen molar-refractivity contribution in [3.05, 3.63) is 35.6 Å². The van der Waals surface area contributed by atoms with Crippen LogP contribution >= 0.6 is 0 Å². The van der Waals surface area contributed by atoms with Crippen LogP contribution in [0.2, 0.25) is 0 Å². The number of carbonyl (C=O) groups is 1. The van der Waals surface area contributed by atoms with Gasteiger partial charge in [-0.25, -0.2) is 4.39 Å². The molecule has 1 aromatic rings. The fraction of sp³-hybridized carbons (Fsp3) is 0.600. The van der Waals surface area contributed by atoms with E-state index in [-0.39, 0.29) is 17.8 Å². The number of carbonyl (C=O) groups excluding carboxylic acids is 1. The van der Waals surface area contributed by atoms with Gasteiger partial charge >= 0.3 is 0 Å². The highest BCUT2D eigenvalue weighted by molar-refractivity contribution is 5.88. The van der Waals surface area contributed by atoms with Crippen molar-refractivity contribution in [3.8, 4) is 6.07 Å². The van der Waals surface area contributed by atoms with Crippen LogP contribution in [-0.2, 0) is 11.3 Å². The van der Waals surface area contributed by atoms with Gasteiger partial charge in [0.25, 0.3) is 0 Å². The molecule has 1 aliphatic heterocycles. The number of halogens is 1. The van der Waals surface area contributed by atoms with Gasteiger partial charge in [0.2, 0.25) is 5.91 Å². The van der Waals surface area contributed by atoms with E-state index in [1.54, 1.807) is 0 Å². The minimum absolute atomic E-state index is 0.0179. The standard InChI is InChI=1S/C20H26FN3O/c1-15(2)18-13-24(19(25)20(14-22)8-9-20)11-3-10-23(18)12-16-4-6-17(21)7-5-16/h4-7,15,18H,3,8-13H2,1-2H3/t18-/m1/s1. The van der Waals surface area contributed by atoms with Crippen LogP contribution in [0.4, 0.5) is 4.39 Å². The number of hydrogen-bond donors (Lipinski definition) is 0. The SMILES string of the molecule is CC(C)[C@H]1CN(C(=O)C2(C#N)CC2)CCCN1Cc1ccc(F)cc1. The Hall–Kier alpha value is -1.93. The molecule has 0 bridgehead atoms. The average Bonchev–Trinajstić information content (AvgIpc) is 3.40. The van der Waals surface area contributed by atoms with E-state index in [9.17, 15) is 14.4 Å². The molecule has 1 amide bonds. The number of hydrogen-bond acceptors (Lipinski definition) is 3. The van der Waals surface area contributed by atoms with Crippen molar-refractivity contribution in [2.24, 2.45) is 11.3 Å². The van der Waals surface area contributed by atoms with Gasteiger partial charge in [0, 0.05) is 32.2 Å². The van der Waals surface area contributed by atoms with Crippen LogP contribution in [0, 0.1) is 28.5 Å². The number of amides is 1. The third-order valence-electron chi connectivity index (χ3n) is 5.48. The Morgan fingerprint density at radius 2 is 2.00 bits per heavy atom. The van der Waals surface area contributed by atoms with E-state index in [1.165, 1.54) is 12.1 Å². The highest BCUT2D eigenvalue weighted by atomic mass is 19.1. The lowest BCUT2D eigenvalue weighted by Crippen LogP contribution is -2.47. The van der Waals surface area contributed by atoms with Gasteiger partial charge in [-0.2, -0.15) is 5.26 Å². The van der Waals surface area contributed by atoms with E-state index in [1.807, 2.05) is 17.0 Å². The second-order valence-electron chi connectivity index (χ2n) is 7.71. The maximum Gasteiger partial charge on any atom is 0.243 e. The highest BCUT2D eigenvalue weighted by Crippen LogP contribution is 2.46. The molecule has 0 spiro atoms. The molecule has 2 fully saturated rings. The zero-order valence-electron chi connectivity index (χ0n) is 15.0. The first kappa shape index (κ1) is 17.9. The van der Waals surface area contributed by atoms with Crippen molar-refractivity contribution in [2.45, 2.75) is 45.7 Å². The molecule has 4 nitrogen and oxygen atoms in total. The molecule has 1 heterocycles. The molecule has 5 heteroatoms. The van der Waals surface area contributed by atoms with Crippen LogP contribution in [0.15, 0.2) is 24.3 Å². The second kappa shape index (κ2) is 7.13. The molecular weight excluding hydrogens is 317 g/mol. The van der Waals surface area contributed by atoms with E-state index in [0.717, 1.165) is 25.1 Å². The minimum Gasteiger partial charge on any atom is -0.340 e. The smallest absolute Gasteiger partial charge is 0.243 e. The first-order chi connectivity index (χ1) is 11.9. The largest absolute Gasteiger partial charge is 0.340 e. The molecular formula is C20H26FN3O. The zero-order valence-corrected chi connectivity index (χ0v) is 15.0. The Morgan fingerprint density at radius 1 is 1.32 bits per heavy atom. The van der Waals surface area contributed by atoms with Crippen molar-refractivity contribution in [2.75, 3.05) is 19.6 Å². The van der Waals surface area contributed by atoms with Gasteiger partial charge in [-0.3, -0.25) is 9.69 Å². The van der Waals surface area contributed by atoms with Gasteiger partial charge in [-0.1, -0.05) is 26.0 Å². The second-order valence-corrected chi connectivity index (χ2v) is 7.71. The van der Waals surface area contributed by atoms with E-state index in [2.05, 4.69) is 24.8 Å². The van der Waals surface area contributed by atoms with Crippen LogP contribution in [0.25, 0.3) is 0 Å². The molecule has 0 radical (unpaired) electrons. The number of rotatable bonds is 4. The molecule has 3 rings (SSSR count). The van der Waals surface area contributed by atoms with Gasteiger partial charge < -0.3 is 4.90 Å². The van der Waals surface area contributed by atoms with Gasteiger partial charge in [0.05, 0.1) is 6.07 Å². The summed E-state index contributed by atoms with van der Waals surface area (Å²) in [6.45, 7) is 7.39. The van der Waals surface area contributed by atoms with Gasteiger partial charge in [-0.05, 0) is 42.9 Å². The average molecular weight is 343 g/mol. The molecule has 0 N–H and O–H groups in total.